The lowest BCUT2D eigenvalue weighted by molar-refractivity contribution is -0.132. The predicted octanol–water partition coefficient (Wildman–Crippen LogP) is 4.34. The third-order valence-corrected chi connectivity index (χ3v) is 7.20. The highest BCUT2D eigenvalue weighted by atomic mass is 32.1. The molecule has 0 radical (unpaired) electrons. The van der Waals surface area contributed by atoms with Crippen LogP contribution in [0.3, 0.4) is 0 Å². The number of hydrogen-bond acceptors (Lipinski definition) is 5. The van der Waals surface area contributed by atoms with Crippen LogP contribution in [0.5, 0.6) is 0 Å². The molecule has 1 fully saturated rings. The number of benzene rings is 2. The molecule has 0 spiro atoms. The van der Waals surface area contributed by atoms with Crippen LogP contribution >= 0.6 is 11.3 Å². The van der Waals surface area contributed by atoms with Crippen molar-refractivity contribution in [3.8, 4) is 0 Å². The lowest BCUT2D eigenvalue weighted by Gasteiger charge is -2.23. The molecule has 31 heavy (non-hydrogen) atoms. The van der Waals surface area contributed by atoms with Crippen LogP contribution in [0.15, 0.2) is 42.5 Å². The third-order valence-electron chi connectivity index (χ3n) is 6.07. The molecular weight excluding hydrogens is 410 g/mol. The van der Waals surface area contributed by atoms with E-state index < -0.39 is 0 Å². The first-order valence-electron chi connectivity index (χ1n) is 10.6. The Kier molecular flexibility index (Phi) is 5.06. The maximum Gasteiger partial charge on any atom is 0.261 e. The molecule has 3 heterocycles. The number of imide groups is 1. The summed E-state index contributed by atoms with van der Waals surface area (Å²) in [5, 5.41) is 0.989. The van der Waals surface area contributed by atoms with Crippen molar-refractivity contribution in [1.82, 2.24) is 14.8 Å². The monoisotopic (exact) mass is 433 g/mol. The minimum absolute atomic E-state index is 0.0205. The molecule has 0 aliphatic carbocycles. The molecule has 3 amide bonds. The van der Waals surface area contributed by atoms with E-state index >= 15 is 0 Å². The lowest BCUT2D eigenvalue weighted by Crippen LogP contribution is -2.33. The van der Waals surface area contributed by atoms with Gasteiger partial charge in [0.1, 0.15) is 5.01 Å². The summed E-state index contributed by atoms with van der Waals surface area (Å²) in [5.41, 5.74) is 2.85. The van der Waals surface area contributed by atoms with E-state index in [0.29, 0.717) is 24.0 Å². The van der Waals surface area contributed by atoms with Gasteiger partial charge < -0.3 is 4.90 Å². The van der Waals surface area contributed by atoms with E-state index in [1.807, 2.05) is 36.1 Å². The van der Waals surface area contributed by atoms with Crippen LogP contribution in [0.4, 0.5) is 0 Å². The number of para-hydroxylation sites is 1. The van der Waals surface area contributed by atoms with Gasteiger partial charge in [-0.05, 0) is 50.5 Å². The standard InChI is InChI=1S/C24H23N3O3S/c1-15-10-11-16-17(14-15)24(30)27(23(16)29)13-5-9-21(28)26-12-4-7-19(26)22-25-18-6-2-3-8-20(18)31-22/h2-3,6,8,10-11,14,19H,4-5,7,9,12-13H2,1H3. The van der Waals surface area contributed by atoms with Gasteiger partial charge in [-0.15, -0.1) is 11.3 Å². The fraction of sp³-hybridized carbons (Fsp3) is 0.333. The number of fused-ring (bicyclic) bond motifs is 2. The molecule has 0 saturated carbocycles. The molecule has 1 unspecified atom stereocenters. The average molecular weight is 434 g/mol. The highest BCUT2D eigenvalue weighted by Crippen LogP contribution is 2.37. The molecule has 1 aromatic heterocycles. The van der Waals surface area contributed by atoms with Gasteiger partial charge in [-0.25, -0.2) is 4.98 Å². The third kappa shape index (κ3) is 3.53. The van der Waals surface area contributed by atoms with Crippen molar-refractivity contribution in [1.29, 1.82) is 0 Å². The molecule has 6 nitrogen and oxygen atoms in total. The minimum atomic E-state index is -0.263. The first-order valence-corrected chi connectivity index (χ1v) is 11.5. The molecule has 5 rings (SSSR count). The van der Waals surface area contributed by atoms with Crippen molar-refractivity contribution in [3.05, 3.63) is 64.2 Å². The van der Waals surface area contributed by atoms with Gasteiger partial charge in [-0.2, -0.15) is 0 Å². The number of amides is 3. The Labute approximate surface area is 184 Å². The van der Waals surface area contributed by atoms with Crippen LogP contribution in [0.25, 0.3) is 10.2 Å². The van der Waals surface area contributed by atoms with Crippen molar-refractivity contribution in [2.45, 2.75) is 38.6 Å². The average Bonchev–Trinajstić information content (AvgIpc) is 3.46. The summed E-state index contributed by atoms with van der Waals surface area (Å²) in [6.45, 7) is 2.89. The Morgan fingerprint density at radius 1 is 1.13 bits per heavy atom. The van der Waals surface area contributed by atoms with E-state index in [1.165, 1.54) is 4.90 Å². The van der Waals surface area contributed by atoms with Crippen LogP contribution in [0.2, 0.25) is 0 Å². The van der Waals surface area contributed by atoms with Crippen LogP contribution in [-0.2, 0) is 4.79 Å². The molecule has 1 atom stereocenters. The highest BCUT2D eigenvalue weighted by Gasteiger charge is 2.36. The van der Waals surface area contributed by atoms with Crippen LogP contribution in [0.1, 0.15) is 63.0 Å². The molecule has 2 aliphatic rings. The summed E-state index contributed by atoms with van der Waals surface area (Å²) in [5.74, 6) is -0.458. The summed E-state index contributed by atoms with van der Waals surface area (Å²) in [7, 11) is 0. The molecule has 3 aromatic rings. The Morgan fingerprint density at radius 2 is 1.94 bits per heavy atom. The number of rotatable bonds is 5. The van der Waals surface area contributed by atoms with Crippen molar-refractivity contribution in [3.63, 3.8) is 0 Å². The van der Waals surface area contributed by atoms with Crippen LogP contribution in [-0.4, -0.2) is 45.6 Å². The van der Waals surface area contributed by atoms with Gasteiger partial charge in [0.15, 0.2) is 0 Å². The zero-order valence-electron chi connectivity index (χ0n) is 17.3. The number of carbonyl (C=O) groups is 3. The summed E-state index contributed by atoms with van der Waals surface area (Å²) in [6, 6.07) is 13.4. The lowest BCUT2D eigenvalue weighted by atomic mass is 10.1. The first-order chi connectivity index (χ1) is 15.0. The number of aryl methyl sites for hydroxylation is 1. The van der Waals surface area contributed by atoms with E-state index in [9.17, 15) is 14.4 Å². The molecule has 2 aliphatic heterocycles. The SMILES string of the molecule is Cc1ccc2c(c1)C(=O)N(CCCC(=O)N1CCCC1c1nc3ccccc3s1)C2=O. The zero-order chi connectivity index (χ0) is 21.5. The molecular formula is C24H23N3O3S. The topological polar surface area (TPSA) is 70.6 Å². The second-order valence-corrected chi connectivity index (χ2v) is 9.24. The summed E-state index contributed by atoms with van der Waals surface area (Å²) in [6.07, 6.45) is 2.66. The number of hydrogen-bond donors (Lipinski definition) is 0. The van der Waals surface area contributed by atoms with Crippen molar-refractivity contribution >= 4 is 39.3 Å². The number of carbonyl (C=O) groups excluding carboxylic acids is 3. The number of nitrogens with zero attached hydrogens (tertiary/aromatic N) is 3. The Morgan fingerprint density at radius 3 is 2.77 bits per heavy atom. The Bertz CT molecular complexity index is 1170. The number of thiazole rings is 1. The van der Waals surface area contributed by atoms with Gasteiger partial charge in [0.25, 0.3) is 11.8 Å². The summed E-state index contributed by atoms with van der Waals surface area (Å²) >= 11 is 1.65. The van der Waals surface area contributed by atoms with E-state index in [-0.39, 0.29) is 30.3 Å². The normalized spacial score (nSPS) is 18.3. The van der Waals surface area contributed by atoms with E-state index in [2.05, 4.69) is 6.07 Å². The van der Waals surface area contributed by atoms with Crippen molar-refractivity contribution < 1.29 is 14.4 Å². The van der Waals surface area contributed by atoms with E-state index in [4.69, 9.17) is 4.98 Å². The van der Waals surface area contributed by atoms with E-state index in [0.717, 1.165) is 40.2 Å². The maximum atomic E-state index is 13.0. The quantitative estimate of drug-likeness (QED) is 0.561. The zero-order valence-corrected chi connectivity index (χ0v) is 18.2. The number of aromatic nitrogens is 1. The van der Waals surface area contributed by atoms with Gasteiger partial charge in [-0.3, -0.25) is 19.3 Å². The predicted molar refractivity (Wildman–Crippen MR) is 119 cm³/mol. The van der Waals surface area contributed by atoms with Crippen molar-refractivity contribution in [2.24, 2.45) is 0 Å². The first kappa shape index (κ1) is 19.9. The van der Waals surface area contributed by atoms with Gasteiger partial charge in [0.05, 0.1) is 27.4 Å². The van der Waals surface area contributed by atoms with Gasteiger partial charge in [-0.1, -0.05) is 23.8 Å². The van der Waals surface area contributed by atoms with Crippen molar-refractivity contribution in [2.75, 3.05) is 13.1 Å². The minimum Gasteiger partial charge on any atom is -0.333 e. The Balaban J connectivity index is 1.22. The fourth-order valence-corrected chi connectivity index (χ4v) is 5.61. The van der Waals surface area contributed by atoms with E-state index in [1.54, 1.807) is 23.5 Å². The smallest absolute Gasteiger partial charge is 0.261 e. The van der Waals surface area contributed by atoms with Gasteiger partial charge in [0.2, 0.25) is 5.91 Å². The maximum absolute atomic E-state index is 13.0. The van der Waals surface area contributed by atoms with Crippen LogP contribution < -0.4 is 0 Å². The molecule has 7 heteroatoms. The summed E-state index contributed by atoms with van der Waals surface area (Å²) < 4.78 is 1.14. The largest absolute Gasteiger partial charge is 0.333 e. The molecule has 2 aromatic carbocycles. The Hall–Kier alpha value is -3.06. The van der Waals surface area contributed by atoms with Crippen LogP contribution in [0, 0.1) is 6.92 Å². The summed E-state index contributed by atoms with van der Waals surface area (Å²) in [4.78, 5) is 46.1. The fourth-order valence-electron chi connectivity index (χ4n) is 4.49. The molecule has 158 valence electrons. The van der Waals surface area contributed by atoms with Gasteiger partial charge in [0, 0.05) is 19.5 Å². The number of likely N-dealkylation sites (tertiary alicyclic amines) is 1. The second-order valence-electron chi connectivity index (χ2n) is 8.18. The molecule has 0 N–H and O–H groups in total. The molecule has 1 saturated heterocycles. The second kappa shape index (κ2) is 7.89. The highest BCUT2D eigenvalue weighted by molar-refractivity contribution is 7.18. The molecule has 0 bridgehead atoms. The van der Waals surface area contributed by atoms with Gasteiger partial charge >= 0.3 is 0 Å².